The molecule has 0 aliphatic rings. The SMILES string of the molecule is COCc1ccc(C(OC(N)=O)(C(=O)Nc2cc(F)c(C(C)(C)C)c(F)c2)C(C)(C)C)cc1. The van der Waals surface area contributed by atoms with E-state index >= 15 is 0 Å². The van der Waals surface area contributed by atoms with Crippen LogP contribution < -0.4 is 11.1 Å². The van der Waals surface area contributed by atoms with Gasteiger partial charge in [-0.15, -0.1) is 0 Å². The van der Waals surface area contributed by atoms with Crippen molar-refractivity contribution in [3.8, 4) is 0 Å². The minimum absolute atomic E-state index is 0.0929. The van der Waals surface area contributed by atoms with E-state index < -0.39 is 40.1 Å². The van der Waals surface area contributed by atoms with Crippen molar-refractivity contribution >= 4 is 17.7 Å². The average molecular weight is 463 g/mol. The number of nitrogens with two attached hydrogens (primary N) is 1. The van der Waals surface area contributed by atoms with Crippen molar-refractivity contribution in [2.45, 2.75) is 59.2 Å². The van der Waals surface area contributed by atoms with Crippen LogP contribution in [0.5, 0.6) is 0 Å². The maximum atomic E-state index is 14.7. The highest BCUT2D eigenvalue weighted by Gasteiger charge is 2.54. The molecule has 0 radical (unpaired) electrons. The van der Waals surface area contributed by atoms with Crippen molar-refractivity contribution in [2.24, 2.45) is 11.1 Å². The van der Waals surface area contributed by atoms with Crippen molar-refractivity contribution < 1.29 is 27.8 Å². The second kappa shape index (κ2) is 9.47. The molecule has 2 amide bonds. The molecule has 2 rings (SSSR count). The summed E-state index contributed by atoms with van der Waals surface area (Å²) in [5.74, 6) is -2.38. The molecular formula is C25H32F2N2O4. The first-order valence-electron chi connectivity index (χ1n) is 10.5. The summed E-state index contributed by atoms with van der Waals surface area (Å²) in [4.78, 5) is 25.5. The molecule has 180 valence electrons. The van der Waals surface area contributed by atoms with Gasteiger partial charge >= 0.3 is 6.09 Å². The first-order valence-corrected chi connectivity index (χ1v) is 10.5. The van der Waals surface area contributed by atoms with Gasteiger partial charge < -0.3 is 20.5 Å². The van der Waals surface area contributed by atoms with E-state index in [0.29, 0.717) is 12.2 Å². The number of benzene rings is 2. The van der Waals surface area contributed by atoms with E-state index in [0.717, 1.165) is 17.7 Å². The number of anilines is 1. The van der Waals surface area contributed by atoms with Crippen LogP contribution in [0.1, 0.15) is 58.2 Å². The molecule has 0 heterocycles. The number of nitrogens with one attached hydrogen (secondary N) is 1. The second-order valence-corrected chi connectivity index (χ2v) is 10.0. The summed E-state index contributed by atoms with van der Waals surface area (Å²) in [6.45, 7) is 10.5. The van der Waals surface area contributed by atoms with Gasteiger partial charge in [-0.1, -0.05) is 65.8 Å². The molecule has 0 saturated carbocycles. The van der Waals surface area contributed by atoms with Gasteiger partial charge in [-0.3, -0.25) is 4.79 Å². The van der Waals surface area contributed by atoms with Crippen LogP contribution in [0.3, 0.4) is 0 Å². The average Bonchev–Trinajstić information content (AvgIpc) is 2.64. The lowest BCUT2D eigenvalue weighted by Gasteiger charge is -2.42. The van der Waals surface area contributed by atoms with E-state index in [9.17, 15) is 18.4 Å². The lowest BCUT2D eigenvalue weighted by atomic mass is 9.71. The highest BCUT2D eigenvalue weighted by atomic mass is 19.1. The molecule has 8 heteroatoms. The number of ether oxygens (including phenoxy) is 2. The molecule has 2 aromatic carbocycles. The topological polar surface area (TPSA) is 90.7 Å². The molecule has 1 unspecified atom stereocenters. The third-order valence-corrected chi connectivity index (χ3v) is 5.35. The highest BCUT2D eigenvalue weighted by Crippen LogP contribution is 2.44. The number of hydrogen-bond acceptors (Lipinski definition) is 4. The van der Waals surface area contributed by atoms with E-state index in [1.54, 1.807) is 72.9 Å². The molecule has 0 aliphatic carbocycles. The Morgan fingerprint density at radius 3 is 1.88 bits per heavy atom. The Bertz CT molecular complexity index is 1000. The molecule has 0 bridgehead atoms. The molecule has 0 spiro atoms. The van der Waals surface area contributed by atoms with Gasteiger partial charge in [-0.05, 0) is 23.1 Å². The lowest BCUT2D eigenvalue weighted by Crippen LogP contribution is -2.54. The van der Waals surface area contributed by atoms with Crippen LogP contribution in [-0.2, 0) is 31.9 Å². The Morgan fingerprint density at radius 2 is 1.48 bits per heavy atom. The van der Waals surface area contributed by atoms with Crippen LogP contribution in [-0.4, -0.2) is 19.1 Å². The molecule has 0 fully saturated rings. The van der Waals surface area contributed by atoms with E-state index in [-0.39, 0.29) is 11.3 Å². The summed E-state index contributed by atoms with van der Waals surface area (Å²) in [6.07, 6.45) is -1.17. The van der Waals surface area contributed by atoms with Gasteiger partial charge in [0, 0.05) is 29.3 Å². The Labute approximate surface area is 193 Å². The van der Waals surface area contributed by atoms with Gasteiger partial charge in [0.1, 0.15) is 11.6 Å². The smallest absolute Gasteiger partial charge is 0.405 e. The molecule has 2 aromatic rings. The maximum absolute atomic E-state index is 14.7. The summed E-state index contributed by atoms with van der Waals surface area (Å²) in [7, 11) is 1.56. The molecular weight excluding hydrogens is 430 g/mol. The Morgan fingerprint density at radius 1 is 0.970 bits per heavy atom. The Kier molecular flexibility index (Phi) is 7.53. The highest BCUT2D eigenvalue weighted by molar-refractivity contribution is 6.00. The van der Waals surface area contributed by atoms with Gasteiger partial charge in [-0.2, -0.15) is 0 Å². The molecule has 0 aromatic heterocycles. The molecule has 0 aliphatic heterocycles. The molecule has 6 nitrogen and oxygen atoms in total. The number of carbonyl (C=O) groups is 2. The summed E-state index contributed by atoms with van der Waals surface area (Å²) >= 11 is 0. The number of amides is 2. The maximum Gasteiger partial charge on any atom is 0.405 e. The lowest BCUT2D eigenvalue weighted by molar-refractivity contribution is -0.148. The molecule has 3 N–H and O–H groups in total. The van der Waals surface area contributed by atoms with Gasteiger partial charge in [-0.25, -0.2) is 13.6 Å². The standard InChI is InChI=1S/C25H32F2N2O4/c1-23(2,3)20-18(26)12-17(13-19(20)27)29-21(30)25(24(4,5)6,33-22(28)31)16-10-8-15(9-11-16)14-32-7/h8-13H,14H2,1-7H3,(H2,28,31)(H,29,30). The van der Waals surface area contributed by atoms with E-state index in [1.807, 2.05) is 0 Å². The first kappa shape index (κ1) is 26.3. The van der Waals surface area contributed by atoms with Gasteiger partial charge in [0.2, 0.25) is 5.60 Å². The molecule has 1 atom stereocenters. The van der Waals surface area contributed by atoms with Crippen molar-refractivity contribution in [3.05, 3.63) is 64.7 Å². The number of halogens is 2. The third kappa shape index (κ3) is 5.50. The monoisotopic (exact) mass is 462 g/mol. The van der Waals surface area contributed by atoms with Gasteiger partial charge in [0.15, 0.2) is 0 Å². The normalized spacial score (nSPS) is 13.8. The summed E-state index contributed by atoms with van der Waals surface area (Å²) in [5, 5.41) is 2.52. The fraction of sp³-hybridized carbons (Fsp3) is 0.440. The fourth-order valence-electron chi connectivity index (χ4n) is 3.90. The Hall–Kier alpha value is -3.00. The summed E-state index contributed by atoms with van der Waals surface area (Å²) in [6, 6.07) is 8.81. The Balaban J connectivity index is 2.60. The predicted molar refractivity (Wildman–Crippen MR) is 123 cm³/mol. The van der Waals surface area contributed by atoms with Crippen molar-refractivity contribution in [3.63, 3.8) is 0 Å². The van der Waals surface area contributed by atoms with Crippen LogP contribution in [0.15, 0.2) is 36.4 Å². The number of methoxy groups -OCH3 is 1. The third-order valence-electron chi connectivity index (χ3n) is 5.35. The zero-order valence-electron chi connectivity index (χ0n) is 20.1. The van der Waals surface area contributed by atoms with Crippen LogP contribution in [0.25, 0.3) is 0 Å². The number of primary amides is 1. The first-order chi connectivity index (χ1) is 15.1. The van der Waals surface area contributed by atoms with Gasteiger partial charge in [0.25, 0.3) is 5.91 Å². The van der Waals surface area contributed by atoms with Crippen molar-refractivity contribution in [2.75, 3.05) is 12.4 Å². The predicted octanol–water partition coefficient (Wildman–Crippen LogP) is 5.38. The zero-order chi connectivity index (χ0) is 25.2. The van der Waals surface area contributed by atoms with Gasteiger partial charge in [0.05, 0.1) is 6.61 Å². The zero-order valence-corrected chi connectivity index (χ0v) is 20.1. The minimum Gasteiger partial charge on any atom is -0.427 e. The van der Waals surface area contributed by atoms with E-state index in [4.69, 9.17) is 15.2 Å². The minimum atomic E-state index is -1.89. The molecule has 0 saturated heterocycles. The molecule has 33 heavy (non-hydrogen) atoms. The van der Waals surface area contributed by atoms with Crippen LogP contribution in [0.2, 0.25) is 0 Å². The van der Waals surface area contributed by atoms with Crippen molar-refractivity contribution in [1.82, 2.24) is 0 Å². The summed E-state index contributed by atoms with van der Waals surface area (Å²) < 4.78 is 40.0. The van der Waals surface area contributed by atoms with Crippen LogP contribution >= 0.6 is 0 Å². The van der Waals surface area contributed by atoms with E-state index in [1.165, 1.54) is 0 Å². The van der Waals surface area contributed by atoms with Crippen LogP contribution in [0.4, 0.5) is 19.3 Å². The summed E-state index contributed by atoms with van der Waals surface area (Å²) in [5.41, 5.74) is 2.69. The number of rotatable bonds is 6. The number of carbonyl (C=O) groups excluding carboxylic acids is 2. The largest absolute Gasteiger partial charge is 0.427 e. The number of hydrogen-bond donors (Lipinski definition) is 2. The second-order valence-electron chi connectivity index (χ2n) is 10.0. The fourth-order valence-corrected chi connectivity index (χ4v) is 3.90. The van der Waals surface area contributed by atoms with Crippen molar-refractivity contribution in [1.29, 1.82) is 0 Å². The van der Waals surface area contributed by atoms with E-state index in [2.05, 4.69) is 5.32 Å². The quantitative estimate of drug-likeness (QED) is 0.603. The van der Waals surface area contributed by atoms with Crippen LogP contribution in [0, 0.1) is 17.0 Å².